The van der Waals surface area contributed by atoms with Crippen LogP contribution in [0, 0.1) is 0 Å². The molecule has 1 amide bonds. The Hall–Kier alpha value is -2.31. The monoisotopic (exact) mass is 343 g/mol. The topological polar surface area (TPSA) is 49.8 Å². The first kappa shape index (κ1) is 15.6. The quantitative estimate of drug-likeness (QED) is 0.678. The van der Waals surface area contributed by atoms with Crippen molar-refractivity contribution < 1.29 is 14.6 Å². The van der Waals surface area contributed by atoms with E-state index in [2.05, 4.69) is 0 Å². The fourth-order valence-electron chi connectivity index (χ4n) is 2.20. The number of thioether (sulfide) groups is 1. The maximum Gasteiger partial charge on any atom is 0.270 e. The van der Waals surface area contributed by atoms with E-state index in [0.29, 0.717) is 15.0 Å². The Kier molecular flexibility index (Phi) is 4.36. The normalized spacial score (nSPS) is 16.2. The van der Waals surface area contributed by atoms with Crippen LogP contribution in [0.25, 0.3) is 6.08 Å². The number of ether oxygens (including phenoxy) is 1. The van der Waals surface area contributed by atoms with E-state index in [9.17, 15) is 9.90 Å². The van der Waals surface area contributed by atoms with Crippen LogP contribution >= 0.6 is 24.0 Å². The van der Waals surface area contributed by atoms with E-state index < -0.39 is 0 Å². The Morgan fingerprint density at radius 1 is 1.22 bits per heavy atom. The molecule has 23 heavy (non-hydrogen) atoms. The van der Waals surface area contributed by atoms with Crippen molar-refractivity contribution in [1.82, 2.24) is 0 Å². The van der Waals surface area contributed by atoms with Crippen LogP contribution in [0.5, 0.6) is 11.5 Å². The molecule has 1 heterocycles. The molecule has 1 saturated heterocycles. The van der Waals surface area contributed by atoms with E-state index in [1.165, 1.54) is 29.8 Å². The largest absolute Gasteiger partial charge is 0.504 e. The molecule has 2 aromatic carbocycles. The number of anilines is 1. The van der Waals surface area contributed by atoms with Crippen molar-refractivity contribution in [3.63, 3.8) is 0 Å². The van der Waals surface area contributed by atoms with E-state index in [1.54, 1.807) is 18.2 Å². The highest BCUT2D eigenvalue weighted by Gasteiger charge is 2.33. The highest BCUT2D eigenvalue weighted by atomic mass is 32.2. The summed E-state index contributed by atoms with van der Waals surface area (Å²) < 4.78 is 5.58. The number of carbonyl (C=O) groups excluding carboxylic acids is 1. The lowest BCUT2D eigenvalue weighted by Gasteiger charge is -2.13. The number of hydrogen-bond acceptors (Lipinski definition) is 5. The third kappa shape index (κ3) is 3.09. The van der Waals surface area contributed by atoms with Crippen molar-refractivity contribution in [1.29, 1.82) is 0 Å². The molecule has 1 fully saturated rings. The Morgan fingerprint density at radius 2 is 1.96 bits per heavy atom. The fourth-order valence-corrected chi connectivity index (χ4v) is 3.50. The van der Waals surface area contributed by atoms with Gasteiger partial charge in [0.1, 0.15) is 0 Å². The molecule has 6 heteroatoms. The minimum absolute atomic E-state index is 0.0569. The molecule has 0 spiro atoms. The van der Waals surface area contributed by atoms with Gasteiger partial charge in [0.25, 0.3) is 5.91 Å². The third-order valence-corrected chi connectivity index (χ3v) is 4.61. The lowest BCUT2D eigenvalue weighted by atomic mass is 10.2. The number of phenolic OH excluding ortho intramolecular Hbond substituents is 1. The number of methoxy groups -OCH3 is 1. The first-order valence-electron chi connectivity index (χ1n) is 6.80. The molecule has 1 aliphatic heterocycles. The third-order valence-electron chi connectivity index (χ3n) is 3.31. The average Bonchev–Trinajstić information content (AvgIpc) is 2.84. The summed E-state index contributed by atoms with van der Waals surface area (Å²) in [6, 6.07) is 14.2. The first-order valence-corrected chi connectivity index (χ1v) is 8.02. The summed E-state index contributed by atoms with van der Waals surface area (Å²) in [4.78, 5) is 14.7. The van der Waals surface area contributed by atoms with Gasteiger partial charge < -0.3 is 9.84 Å². The number of benzene rings is 2. The summed E-state index contributed by atoms with van der Waals surface area (Å²) in [7, 11) is 1.48. The second kappa shape index (κ2) is 6.44. The number of amides is 1. The van der Waals surface area contributed by atoms with Crippen LogP contribution in [0.4, 0.5) is 5.69 Å². The highest BCUT2D eigenvalue weighted by Crippen LogP contribution is 2.36. The van der Waals surface area contributed by atoms with Gasteiger partial charge in [-0.2, -0.15) is 0 Å². The summed E-state index contributed by atoms with van der Waals surface area (Å²) in [5, 5.41) is 9.63. The molecule has 0 aromatic heterocycles. The van der Waals surface area contributed by atoms with E-state index in [1.807, 2.05) is 30.3 Å². The summed E-state index contributed by atoms with van der Waals surface area (Å²) in [5.74, 6) is 0.261. The van der Waals surface area contributed by atoms with Crippen molar-refractivity contribution in [2.24, 2.45) is 0 Å². The average molecular weight is 343 g/mol. The van der Waals surface area contributed by atoms with Gasteiger partial charge in [-0.15, -0.1) is 0 Å². The van der Waals surface area contributed by atoms with Gasteiger partial charge in [-0.05, 0) is 35.9 Å². The zero-order valence-electron chi connectivity index (χ0n) is 12.2. The van der Waals surface area contributed by atoms with Crippen LogP contribution in [0.1, 0.15) is 5.56 Å². The van der Waals surface area contributed by atoms with Crippen molar-refractivity contribution in [2.75, 3.05) is 12.0 Å². The number of nitrogens with zero attached hydrogens (tertiary/aromatic N) is 1. The second-order valence-electron chi connectivity index (χ2n) is 4.78. The molecule has 3 rings (SSSR count). The number of thiocarbonyl (C=S) groups is 1. The number of carbonyl (C=O) groups is 1. The molecular weight excluding hydrogens is 330 g/mol. The number of para-hydroxylation sites is 1. The van der Waals surface area contributed by atoms with Gasteiger partial charge in [-0.25, -0.2) is 0 Å². The summed E-state index contributed by atoms with van der Waals surface area (Å²) in [6.45, 7) is 0. The smallest absolute Gasteiger partial charge is 0.270 e. The van der Waals surface area contributed by atoms with Crippen LogP contribution in [0.2, 0.25) is 0 Å². The minimum atomic E-state index is -0.154. The SMILES string of the molecule is COc1cc(/C=C2/SC(=S)N(c3ccccc3)C2=O)ccc1O. The summed E-state index contributed by atoms with van der Waals surface area (Å²) >= 11 is 6.58. The lowest BCUT2D eigenvalue weighted by Crippen LogP contribution is -2.27. The predicted octanol–water partition coefficient (Wildman–Crippen LogP) is 3.81. The van der Waals surface area contributed by atoms with E-state index >= 15 is 0 Å². The standard InChI is InChI=1S/C17H13NO3S2/c1-21-14-9-11(7-8-13(14)19)10-15-16(20)18(17(22)23-15)12-5-3-2-4-6-12/h2-10,19H,1H3/b15-10+. The van der Waals surface area contributed by atoms with Crippen LogP contribution in [0.3, 0.4) is 0 Å². The van der Waals surface area contributed by atoms with Crippen LogP contribution < -0.4 is 9.64 Å². The first-order chi connectivity index (χ1) is 11.1. The molecule has 2 aromatic rings. The molecule has 1 aliphatic rings. The summed E-state index contributed by atoms with van der Waals surface area (Å²) in [6.07, 6.45) is 1.74. The number of rotatable bonds is 3. The fraction of sp³-hybridized carbons (Fsp3) is 0.0588. The lowest BCUT2D eigenvalue weighted by molar-refractivity contribution is -0.113. The Bertz CT molecular complexity index is 803. The molecule has 0 aliphatic carbocycles. The van der Waals surface area contributed by atoms with Crippen molar-refractivity contribution in [3.8, 4) is 11.5 Å². The second-order valence-corrected chi connectivity index (χ2v) is 6.46. The molecule has 0 unspecified atom stereocenters. The van der Waals surface area contributed by atoms with Gasteiger partial charge in [0, 0.05) is 0 Å². The Balaban J connectivity index is 1.93. The number of aromatic hydroxyl groups is 1. The van der Waals surface area contributed by atoms with Gasteiger partial charge in [0.15, 0.2) is 15.8 Å². The van der Waals surface area contributed by atoms with Gasteiger partial charge in [-0.1, -0.05) is 48.2 Å². The van der Waals surface area contributed by atoms with E-state index in [0.717, 1.165) is 11.3 Å². The van der Waals surface area contributed by atoms with Crippen LogP contribution in [0.15, 0.2) is 53.4 Å². The van der Waals surface area contributed by atoms with Gasteiger partial charge in [0.05, 0.1) is 17.7 Å². The minimum Gasteiger partial charge on any atom is -0.504 e. The Morgan fingerprint density at radius 3 is 2.65 bits per heavy atom. The predicted molar refractivity (Wildman–Crippen MR) is 96.8 cm³/mol. The molecule has 0 bridgehead atoms. The zero-order valence-corrected chi connectivity index (χ0v) is 13.9. The highest BCUT2D eigenvalue weighted by molar-refractivity contribution is 8.27. The molecule has 116 valence electrons. The molecule has 0 radical (unpaired) electrons. The number of hydrogen-bond donors (Lipinski definition) is 1. The molecule has 0 atom stereocenters. The van der Waals surface area contributed by atoms with E-state index in [-0.39, 0.29) is 11.7 Å². The van der Waals surface area contributed by atoms with Crippen molar-refractivity contribution >= 4 is 46.0 Å². The van der Waals surface area contributed by atoms with Gasteiger partial charge >= 0.3 is 0 Å². The molecular formula is C17H13NO3S2. The van der Waals surface area contributed by atoms with Gasteiger partial charge in [-0.3, -0.25) is 9.69 Å². The van der Waals surface area contributed by atoms with Crippen molar-refractivity contribution in [2.45, 2.75) is 0 Å². The Labute approximate surface area is 143 Å². The van der Waals surface area contributed by atoms with E-state index in [4.69, 9.17) is 17.0 Å². The summed E-state index contributed by atoms with van der Waals surface area (Å²) in [5.41, 5.74) is 1.51. The number of phenols is 1. The molecule has 1 N–H and O–H groups in total. The molecule has 0 saturated carbocycles. The molecule has 4 nitrogen and oxygen atoms in total. The van der Waals surface area contributed by atoms with Gasteiger partial charge in [0.2, 0.25) is 0 Å². The maximum atomic E-state index is 12.6. The zero-order chi connectivity index (χ0) is 16.4. The van der Waals surface area contributed by atoms with Crippen LogP contribution in [-0.2, 0) is 4.79 Å². The van der Waals surface area contributed by atoms with Crippen LogP contribution in [-0.4, -0.2) is 22.4 Å². The maximum absolute atomic E-state index is 12.6. The van der Waals surface area contributed by atoms with Crippen molar-refractivity contribution in [3.05, 3.63) is 59.0 Å².